The van der Waals surface area contributed by atoms with Crippen molar-refractivity contribution < 1.29 is 26.4 Å². The van der Waals surface area contributed by atoms with Crippen LogP contribution in [0.5, 0.6) is 0 Å². The average molecular weight is 594 g/mol. The Morgan fingerprint density at radius 3 is 2.36 bits per heavy atom. The van der Waals surface area contributed by atoms with Gasteiger partial charge in [-0.2, -0.15) is 0 Å². The Hall–Kier alpha value is -3.15. The number of ketones is 1. The van der Waals surface area contributed by atoms with Gasteiger partial charge in [0.1, 0.15) is 5.69 Å². The number of halogens is 4. The molecule has 4 aromatic rings. The van der Waals surface area contributed by atoms with E-state index in [0.29, 0.717) is 38.0 Å². The van der Waals surface area contributed by atoms with Crippen molar-refractivity contribution in [2.24, 2.45) is 0 Å². The van der Waals surface area contributed by atoms with Crippen molar-refractivity contribution in [2.45, 2.75) is 26.7 Å². The molecule has 3 aromatic carbocycles. The molecular weight excluding hydrogens is 571 g/mol. The van der Waals surface area contributed by atoms with Crippen LogP contribution in [0.15, 0.2) is 54.7 Å². The van der Waals surface area contributed by atoms with Crippen LogP contribution in [0.3, 0.4) is 0 Å². The third-order valence-corrected chi connectivity index (χ3v) is 9.53. The molecule has 12 heteroatoms. The molecule has 0 aliphatic carbocycles. The number of aromatic nitrogens is 2. The largest absolute Gasteiger partial charge is 0.288 e. The maximum atomic E-state index is 15.7. The van der Waals surface area contributed by atoms with Gasteiger partial charge in [-0.05, 0) is 55.1 Å². The number of hydrogen-bond donors (Lipinski definition) is 0. The fourth-order valence-electron chi connectivity index (χ4n) is 3.79. The second-order valence-electron chi connectivity index (χ2n) is 8.55. The van der Waals surface area contributed by atoms with Crippen LogP contribution in [0.4, 0.5) is 18.9 Å². The van der Waals surface area contributed by atoms with Crippen LogP contribution >= 0.6 is 23.5 Å². The van der Waals surface area contributed by atoms with Crippen molar-refractivity contribution in [3.63, 3.8) is 0 Å². The molecule has 0 radical (unpaired) electrons. The number of benzene rings is 3. The molecular formula is C27H23ClF3N3O3S2. The Bertz CT molecular complexity index is 1650. The Morgan fingerprint density at radius 2 is 1.69 bits per heavy atom. The maximum absolute atomic E-state index is 15.7. The second-order valence-corrected chi connectivity index (χ2v) is 12.2. The first-order chi connectivity index (χ1) is 18.6. The van der Waals surface area contributed by atoms with Crippen LogP contribution in [-0.2, 0) is 10.0 Å². The van der Waals surface area contributed by atoms with Crippen LogP contribution in [0.2, 0.25) is 5.02 Å². The molecule has 1 aromatic heterocycles. The number of fused-ring (bicyclic) bond motifs is 1. The van der Waals surface area contributed by atoms with Gasteiger partial charge in [-0.1, -0.05) is 37.6 Å². The van der Waals surface area contributed by atoms with E-state index in [-0.39, 0.29) is 29.0 Å². The minimum atomic E-state index is -4.09. The van der Waals surface area contributed by atoms with Crippen molar-refractivity contribution in [2.75, 3.05) is 15.2 Å². The number of anilines is 1. The molecule has 1 heterocycles. The number of sulfonamides is 1. The van der Waals surface area contributed by atoms with Gasteiger partial charge < -0.3 is 0 Å². The van der Waals surface area contributed by atoms with E-state index in [4.69, 9.17) is 11.6 Å². The summed E-state index contributed by atoms with van der Waals surface area (Å²) in [6.45, 7) is 3.41. The molecule has 0 atom stereocenters. The van der Waals surface area contributed by atoms with Crippen LogP contribution in [-0.4, -0.2) is 35.7 Å². The molecule has 0 saturated heterocycles. The predicted molar refractivity (Wildman–Crippen MR) is 149 cm³/mol. The summed E-state index contributed by atoms with van der Waals surface area (Å²) < 4.78 is 71.8. The summed E-state index contributed by atoms with van der Waals surface area (Å²) in [6.07, 6.45) is 2.29. The molecule has 0 saturated carbocycles. The highest BCUT2D eigenvalue weighted by Gasteiger charge is 2.32. The molecule has 0 spiro atoms. The van der Waals surface area contributed by atoms with Crippen molar-refractivity contribution in [3.05, 3.63) is 88.3 Å². The van der Waals surface area contributed by atoms with Gasteiger partial charge in [0.2, 0.25) is 10.0 Å². The SMILES string of the molecule is CCCSN(c1cc(F)c(F)c(C(=O)c2ccc3ncc(-c4ccc(Cl)cc4)nc3c2)c1F)S(=O)(=O)CCC. The lowest BCUT2D eigenvalue weighted by atomic mass is 10.0. The van der Waals surface area contributed by atoms with E-state index in [1.807, 2.05) is 0 Å². The maximum Gasteiger partial charge on any atom is 0.244 e. The minimum Gasteiger partial charge on any atom is -0.288 e. The lowest BCUT2D eigenvalue weighted by Gasteiger charge is -2.24. The van der Waals surface area contributed by atoms with Gasteiger partial charge in [0.25, 0.3) is 0 Å². The van der Waals surface area contributed by atoms with Crippen molar-refractivity contribution in [3.8, 4) is 11.3 Å². The molecule has 0 amide bonds. The fourth-order valence-corrected chi connectivity index (χ4v) is 6.74. The standard InChI is InChI=1S/C27H23ClF3N3O3S2/c1-3-11-38-34(39(36,37)12-4-2)23-14-19(29)25(30)24(26(23)31)27(35)17-7-10-20-21(13-17)33-22(15-32-20)16-5-8-18(28)9-6-16/h5-10,13-15H,3-4,11-12H2,1-2H3. The normalized spacial score (nSPS) is 11.6. The number of hydrogen-bond acceptors (Lipinski definition) is 6. The molecule has 0 aliphatic rings. The van der Waals surface area contributed by atoms with Crippen LogP contribution in [0.1, 0.15) is 42.6 Å². The third-order valence-electron chi connectivity index (χ3n) is 5.63. The van der Waals surface area contributed by atoms with E-state index in [1.54, 1.807) is 38.1 Å². The monoisotopic (exact) mass is 593 g/mol. The minimum absolute atomic E-state index is 0.177. The summed E-state index contributed by atoms with van der Waals surface area (Å²) >= 11 is 6.69. The van der Waals surface area contributed by atoms with E-state index in [9.17, 15) is 22.0 Å². The molecule has 4 rings (SSSR count). The van der Waals surface area contributed by atoms with E-state index in [0.717, 1.165) is 11.9 Å². The van der Waals surface area contributed by atoms with Gasteiger partial charge in [0.05, 0.1) is 34.2 Å². The van der Waals surface area contributed by atoms with Gasteiger partial charge in [0.15, 0.2) is 23.2 Å². The van der Waals surface area contributed by atoms with Gasteiger partial charge in [-0.15, -0.1) is 0 Å². The summed E-state index contributed by atoms with van der Waals surface area (Å²) in [5, 5.41) is 0.535. The molecule has 0 aliphatic heterocycles. The van der Waals surface area contributed by atoms with E-state index in [2.05, 4.69) is 9.97 Å². The Morgan fingerprint density at radius 1 is 0.974 bits per heavy atom. The summed E-state index contributed by atoms with van der Waals surface area (Å²) in [7, 11) is -4.09. The van der Waals surface area contributed by atoms with Gasteiger partial charge in [-0.25, -0.2) is 30.3 Å². The number of nitrogens with zero attached hydrogens (tertiary/aromatic N) is 3. The molecule has 0 fully saturated rings. The van der Waals surface area contributed by atoms with E-state index >= 15 is 4.39 Å². The van der Waals surface area contributed by atoms with Crippen molar-refractivity contribution >= 4 is 56.1 Å². The van der Waals surface area contributed by atoms with Gasteiger partial charge in [0, 0.05) is 28.0 Å². The fraction of sp³-hybridized carbons (Fsp3) is 0.222. The summed E-state index contributed by atoms with van der Waals surface area (Å²) in [4.78, 5) is 22.2. The highest BCUT2D eigenvalue weighted by molar-refractivity contribution is 8.14. The quantitative estimate of drug-likeness (QED) is 0.110. The predicted octanol–water partition coefficient (Wildman–Crippen LogP) is 7.20. The zero-order chi connectivity index (χ0) is 28.3. The molecule has 0 unspecified atom stereocenters. The Balaban J connectivity index is 1.81. The van der Waals surface area contributed by atoms with Crippen molar-refractivity contribution in [1.29, 1.82) is 0 Å². The second kappa shape index (κ2) is 11.9. The summed E-state index contributed by atoms with van der Waals surface area (Å²) in [6, 6.07) is 11.3. The summed E-state index contributed by atoms with van der Waals surface area (Å²) in [5.41, 5.74) is -0.262. The van der Waals surface area contributed by atoms with Crippen molar-refractivity contribution in [1.82, 2.24) is 9.97 Å². The summed E-state index contributed by atoms with van der Waals surface area (Å²) in [5.74, 6) is -5.97. The highest BCUT2D eigenvalue weighted by Crippen LogP contribution is 2.35. The Kier molecular flexibility index (Phi) is 8.83. The average Bonchev–Trinajstić information content (AvgIpc) is 2.91. The lowest BCUT2D eigenvalue weighted by molar-refractivity contribution is 0.103. The number of rotatable bonds is 10. The first kappa shape index (κ1) is 28.8. The zero-order valence-corrected chi connectivity index (χ0v) is 23.3. The number of carbonyl (C=O) groups is 1. The van der Waals surface area contributed by atoms with Gasteiger partial charge >= 0.3 is 0 Å². The zero-order valence-electron chi connectivity index (χ0n) is 20.9. The molecule has 0 N–H and O–H groups in total. The topological polar surface area (TPSA) is 80.2 Å². The third kappa shape index (κ3) is 6.05. The van der Waals surface area contributed by atoms with Crippen LogP contribution in [0.25, 0.3) is 22.3 Å². The molecule has 204 valence electrons. The molecule has 6 nitrogen and oxygen atoms in total. The van der Waals surface area contributed by atoms with E-state index in [1.165, 1.54) is 24.4 Å². The highest BCUT2D eigenvalue weighted by atomic mass is 35.5. The molecule has 39 heavy (non-hydrogen) atoms. The number of carbonyl (C=O) groups excluding carboxylic acids is 1. The first-order valence-electron chi connectivity index (χ1n) is 12.0. The molecule has 0 bridgehead atoms. The van der Waals surface area contributed by atoms with Crippen LogP contribution < -0.4 is 3.71 Å². The Labute approximate surface area is 233 Å². The first-order valence-corrected chi connectivity index (χ1v) is 14.9. The van der Waals surface area contributed by atoms with E-state index < -0.39 is 44.5 Å². The smallest absolute Gasteiger partial charge is 0.244 e. The lowest BCUT2D eigenvalue weighted by Crippen LogP contribution is -2.29. The van der Waals surface area contributed by atoms with Gasteiger partial charge in [-0.3, -0.25) is 9.78 Å². The van der Waals surface area contributed by atoms with Crippen LogP contribution in [0, 0.1) is 17.5 Å².